The van der Waals surface area contributed by atoms with E-state index in [1.54, 1.807) is 17.8 Å². The average Bonchev–Trinajstić information content (AvgIpc) is 3.24. The number of esters is 1. The lowest BCUT2D eigenvalue weighted by Gasteiger charge is -2.31. The third-order valence-corrected chi connectivity index (χ3v) is 8.12. The molecule has 3 aromatic rings. The van der Waals surface area contributed by atoms with Crippen molar-refractivity contribution >= 4 is 27.6 Å². The zero-order valence-corrected chi connectivity index (χ0v) is 21.2. The summed E-state index contributed by atoms with van der Waals surface area (Å²) in [5.74, 6) is -2.99. The van der Waals surface area contributed by atoms with Crippen LogP contribution in [0.4, 0.5) is 8.78 Å². The van der Waals surface area contributed by atoms with Crippen LogP contribution in [0.1, 0.15) is 37.1 Å². The summed E-state index contributed by atoms with van der Waals surface area (Å²) in [4.78, 5) is 11.8. The number of benzene rings is 2. The number of sulfonamides is 1. The molecule has 0 N–H and O–H groups in total. The van der Waals surface area contributed by atoms with Crippen LogP contribution >= 0.6 is 11.6 Å². The SMILES string of the molecule is CCOC(=O)Cn1ncc2c1CCC[C@H]2N(C)S(=O)(=O)c1ccc(Oc2c(F)cccc2F)c(Cl)c1. The van der Waals surface area contributed by atoms with Gasteiger partial charge in [-0.15, -0.1) is 0 Å². The highest BCUT2D eigenvalue weighted by Gasteiger charge is 2.34. The molecule has 1 atom stereocenters. The molecule has 0 fully saturated rings. The Kier molecular flexibility index (Phi) is 7.62. The van der Waals surface area contributed by atoms with Gasteiger partial charge in [-0.05, 0) is 56.5 Å². The van der Waals surface area contributed by atoms with Crippen molar-refractivity contribution < 1.29 is 31.5 Å². The molecular formula is C24H24ClF2N3O5S. The maximum Gasteiger partial charge on any atom is 0.327 e. The Balaban J connectivity index is 1.58. The van der Waals surface area contributed by atoms with Crippen molar-refractivity contribution in [3.63, 3.8) is 0 Å². The number of aromatic nitrogens is 2. The molecule has 2 aromatic carbocycles. The zero-order chi connectivity index (χ0) is 26.0. The van der Waals surface area contributed by atoms with Gasteiger partial charge >= 0.3 is 5.97 Å². The van der Waals surface area contributed by atoms with Gasteiger partial charge in [0.1, 0.15) is 12.3 Å². The van der Waals surface area contributed by atoms with Gasteiger partial charge in [0.25, 0.3) is 0 Å². The molecule has 0 aliphatic heterocycles. The average molecular weight is 540 g/mol. The van der Waals surface area contributed by atoms with Crippen molar-refractivity contribution in [1.29, 1.82) is 0 Å². The molecule has 12 heteroatoms. The molecule has 4 rings (SSSR count). The number of carbonyl (C=O) groups is 1. The molecule has 0 radical (unpaired) electrons. The largest absolute Gasteiger partial charge is 0.465 e. The van der Waals surface area contributed by atoms with E-state index in [1.807, 2.05) is 0 Å². The van der Waals surface area contributed by atoms with Crippen LogP contribution in [0.3, 0.4) is 0 Å². The second-order valence-electron chi connectivity index (χ2n) is 8.18. The Labute approximate surface area is 212 Å². The van der Waals surface area contributed by atoms with E-state index in [9.17, 15) is 22.0 Å². The molecule has 1 aliphatic rings. The first kappa shape index (κ1) is 26.1. The fourth-order valence-electron chi connectivity index (χ4n) is 4.19. The van der Waals surface area contributed by atoms with Crippen molar-refractivity contribution in [2.24, 2.45) is 0 Å². The molecule has 0 unspecified atom stereocenters. The zero-order valence-electron chi connectivity index (χ0n) is 19.6. The molecule has 0 bridgehead atoms. The van der Waals surface area contributed by atoms with E-state index in [0.717, 1.165) is 23.4 Å². The van der Waals surface area contributed by atoms with Crippen molar-refractivity contribution in [2.75, 3.05) is 13.7 Å². The van der Waals surface area contributed by atoms with E-state index in [2.05, 4.69) is 5.10 Å². The fraction of sp³-hybridized carbons (Fsp3) is 0.333. The van der Waals surface area contributed by atoms with E-state index in [4.69, 9.17) is 21.1 Å². The fourth-order valence-corrected chi connectivity index (χ4v) is 5.86. The van der Waals surface area contributed by atoms with E-state index >= 15 is 0 Å². The van der Waals surface area contributed by atoms with Crippen LogP contribution in [0.25, 0.3) is 0 Å². The molecule has 0 saturated heterocycles. The minimum Gasteiger partial charge on any atom is -0.465 e. The van der Waals surface area contributed by atoms with Crippen molar-refractivity contribution in [3.8, 4) is 11.5 Å². The van der Waals surface area contributed by atoms with E-state index in [0.29, 0.717) is 19.3 Å². The lowest BCUT2D eigenvalue weighted by atomic mass is 9.93. The van der Waals surface area contributed by atoms with Crippen LogP contribution < -0.4 is 4.74 Å². The van der Waals surface area contributed by atoms with Gasteiger partial charge in [0, 0.05) is 18.3 Å². The number of hydrogen-bond acceptors (Lipinski definition) is 6. The van der Waals surface area contributed by atoms with Crippen LogP contribution in [0, 0.1) is 11.6 Å². The van der Waals surface area contributed by atoms with Gasteiger partial charge in [0.2, 0.25) is 10.0 Å². The Morgan fingerprint density at radius 2 is 1.97 bits per heavy atom. The number of rotatable bonds is 8. The standard InChI is InChI=1S/C24H24ClF2N3O5S/c1-3-34-23(31)14-30-21-9-5-8-20(16(21)13-28-30)29(2)36(32,33)15-10-11-22(17(25)12-15)35-24-18(26)6-4-7-19(24)27/h4,6-7,10-13,20H,3,5,8-9,14H2,1-2H3/t20-/m1/s1. The van der Waals surface area contributed by atoms with Crippen LogP contribution in [-0.4, -0.2) is 42.1 Å². The van der Waals surface area contributed by atoms with Crippen molar-refractivity contribution in [1.82, 2.24) is 14.1 Å². The number of halogens is 3. The normalized spacial score (nSPS) is 15.6. The summed E-state index contributed by atoms with van der Waals surface area (Å²) >= 11 is 6.23. The molecule has 0 amide bonds. The van der Waals surface area contributed by atoms with Gasteiger partial charge in [-0.1, -0.05) is 17.7 Å². The highest BCUT2D eigenvalue weighted by Crippen LogP contribution is 2.38. The monoisotopic (exact) mass is 539 g/mol. The Hall–Kier alpha value is -3.02. The maximum absolute atomic E-state index is 13.9. The first-order valence-electron chi connectivity index (χ1n) is 11.2. The first-order valence-corrected chi connectivity index (χ1v) is 13.0. The number of fused-ring (bicyclic) bond motifs is 1. The second kappa shape index (κ2) is 10.5. The third-order valence-electron chi connectivity index (χ3n) is 5.97. The van der Waals surface area contributed by atoms with Crippen LogP contribution in [0.15, 0.2) is 47.5 Å². The molecule has 8 nitrogen and oxygen atoms in total. The molecule has 36 heavy (non-hydrogen) atoms. The molecule has 0 spiro atoms. The van der Waals surface area contributed by atoms with Gasteiger partial charge in [-0.25, -0.2) is 17.2 Å². The van der Waals surface area contributed by atoms with Crippen molar-refractivity contribution in [3.05, 3.63) is 70.5 Å². The topological polar surface area (TPSA) is 90.7 Å². The molecule has 1 aliphatic carbocycles. The number of nitrogens with zero attached hydrogens (tertiary/aromatic N) is 3. The number of para-hydroxylation sites is 1. The van der Waals surface area contributed by atoms with Crippen LogP contribution in [-0.2, 0) is 32.5 Å². The molecule has 1 aromatic heterocycles. The molecule has 1 heterocycles. The summed E-state index contributed by atoms with van der Waals surface area (Å²) in [5.41, 5.74) is 1.51. The van der Waals surface area contributed by atoms with Gasteiger partial charge in [0.15, 0.2) is 17.4 Å². The lowest BCUT2D eigenvalue weighted by Crippen LogP contribution is -2.33. The summed E-state index contributed by atoms with van der Waals surface area (Å²) < 4.78 is 67.8. The third kappa shape index (κ3) is 5.09. The first-order chi connectivity index (χ1) is 17.1. The summed E-state index contributed by atoms with van der Waals surface area (Å²) in [6.45, 7) is 1.93. The summed E-state index contributed by atoms with van der Waals surface area (Å²) in [6, 6.07) is 6.45. The van der Waals surface area contributed by atoms with Crippen LogP contribution in [0.2, 0.25) is 5.02 Å². The van der Waals surface area contributed by atoms with E-state index in [1.165, 1.54) is 35.6 Å². The predicted molar refractivity (Wildman–Crippen MR) is 127 cm³/mol. The van der Waals surface area contributed by atoms with Gasteiger partial charge in [-0.2, -0.15) is 9.40 Å². The highest BCUT2D eigenvalue weighted by molar-refractivity contribution is 7.89. The lowest BCUT2D eigenvalue weighted by molar-refractivity contribution is -0.144. The summed E-state index contributed by atoms with van der Waals surface area (Å²) in [6.07, 6.45) is 3.50. The number of carbonyl (C=O) groups excluding carboxylic acids is 1. The smallest absolute Gasteiger partial charge is 0.327 e. The van der Waals surface area contributed by atoms with Crippen LogP contribution in [0.5, 0.6) is 11.5 Å². The van der Waals surface area contributed by atoms with E-state index in [-0.39, 0.29) is 28.8 Å². The second-order valence-corrected chi connectivity index (χ2v) is 10.6. The van der Waals surface area contributed by atoms with E-state index < -0.39 is 39.4 Å². The minimum atomic E-state index is -4.02. The van der Waals surface area contributed by atoms with Gasteiger partial charge in [0.05, 0.1) is 28.8 Å². The maximum atomic E-state index is 13.9. The van der Waals surface area contributed by atoms with Gasteiger partial charge < -0.3 is 9.47 Å². The molecule has 0 saturated carbocycles. The summed E-state index contributed by atoms with van der Waals surface area (Å²) in [5, 5.41) is 4.16. The number of ether oxygens (including phenoxy) is 2. The Morgan fingerprint density at radius 1 is 1.25 bits per heavy atom. The predicted octanol–water partition coefficient (Wildman–Crippen LogP) is 4.87. The number of hydrogen-bond donors (Lipinski definition) is 0. The summed E-state index contributed by atoms with van der Waals surface area (Å²) in [7, 11) is -2.55. The Bertz CT molecular complexity index is 1380. The van der Waals surface area contributed by atoms with Crippen molar-refractivity contribution in [2.45, 2.75) is 43.7 Å². The quantitative estimate of drug-likeness (QED) is 0.379. The Morgan fingerprint density at radius 3 is 2.64 bits per heavy atom. The molecular weight excluding hydrogens is 516 g/mol. The molecule has 192 valence electrons. The highest BCUT2D eigenvalue weighted by atomic mass is 35.5. The minimum absolute atomic E-state index is 0.0496. The van der Waals surface area contributed by atoms with Gasteiger partial charge in [-0.3, -0.25) is 9.48 Å².